The van der Waals surface area contributed by atoms with E-state index < -0.39 is 5.54 Å². The van der Waals surface area contributed by atoms with E-state index in [4.69, 9.17) is 11.5 Å². The molecular formula is C19H28N4S. The highest BCUT2D eigenvalue weighted by Crippen LogP contribution is 2.40. The minimum Gasteiger partial charge on any atom is -0.330 e. The molecule has 0 saturated carbocycles. The second-order valence-electron chi connectivity index (χ2n) is 6.86. The lowest BCUT2D eigenvalue weighted by Crippen LogP contribution is -2.51. The first-order valence-corrected chi connectivity index (χ1v) is 9.76. The van der Waals surface area contributed by atoms with Gasteiger partial charge in [-0.05, 0) is 85.8 Å². The molecule has 4 N–H and O–H groups in total. The summed E-state index contributed by atoms with van der Waals surface area (Å²) in [7, 11) is 0. The van der Waals surface area contributed by atoms with Crippen LogP contribution in [0.3, 0.4) is 0 Å². The zero-order valence-electron chi connectivity index (χ0n) is 14.4. The molecule has 130 valence electrons. The average molecular weight is 345 g/mol. The number of hydrogen-bond donors (Lipinski definition) is 2. The van der Waals surface area contributed by atoms with E-state index in [1.165, 1.54) is 5.56 Å². The molecule has 0 aromatic carbocycles. The Kier molecular flexibility index (Phi) is 5.66. The van der Waals surface area contributed by atoms with Crippen molar-refractivity contribution < 1.29 is 0 Å². The standard InChI is InChI=1S/C19H28N4S/c1-15(4-8-20)23-10-5-16(6-11-23)19(21,18-7-12-24-14-18)17-3-2-9-22-13-17/h2-3,7,9,12-16H,4-6,8,10-11,20-21H2,1H3. The topological polar surface area (TPSA) is 68.2 Å². The molecule has 0 bridgehead atoms. The van der Waals surface area contributed by atoms with Crippen molar-refractivity contribution in [2.75, 3.05) is 19.6 Å². The van der Waals surface area contributed by atoms with Gasteiger partial charge in [0, 0.05) is 18.4 Å². The van der Waals surface area contributed by atoms with Crippen LogP contribution in [0.2, 0.25) is 0 Å². The Morgan fingerprint density at radius 1 is 1.33 bits per heavy atom. The lowest BCUT2D eigenvalue weighted by molar-refractivity contribution is 0.109. The Labute approximate surface area is 148 Å². The molecule has 24 heavy (non-hydrogen) atoms. The van der Waals surface area contributed by atoms with E-state index in [-0.39, 0.29) is 0 Å². The summed E-state index contributed by atoms with van der Waals surface area (Å²) in [5.41, 5.74) is 14.7. The fourth-order valence-electron chi connectivity index (χ4n) is 3.96. The molecule has 2 aromatic heterocycles. The zero-order valence-corrected chi connectivity index (χ0v) is 15.2. The van der Waals surface area contributed by atoms with Crippen molar-refractivity contribution in [3.05, 3.63) is 52.5 Å². The maximum Gasteiger partial charge on any atom is 0.0718 e. The number of thiophene rings is 1. The third-order valence-corrected chi connectivity index (χ3v) is 6.20. The molecule has 2 aromatic rings. The van der Waals surface area contributed by atoms with Crippen LogP contribution in [-0.4, -0.2) is 35.6 Å². The molecule has 2 unspecified atom stereocenters. The molecule has 3 heterocycles. The van der Waals surface area contributed by atoms with Gasteiger partial charge in [-0.1, -0.05) is 6.07 Å². The number of piperidine rings is 1. The van der Waals surface area contributed by atoms with Crippen molar-refractivity contribution in [2.45, 2.75) is 37.8 Å². The maximum atomic E-state index is 7.07. The van der Waals surface area contributed by atoms with Gasteiger partial charge in [0.1, 0.15) is 0 Å². The van der Waals surface area contributed by atoms with Gasteiger partial charge in [0.05, 0.1) is 5.54 Å². The smallest absolute Gasteiger partial charge is 0.0718 e. The van der Waals surface area contributed by atoms with Crippen molar-refractivity contribution in [3.8, 4) is 0 Å². The van der Waals surface area contributed by atoms with Crippen molar-refractivity contribution in [3.63, 3.8) is 0 Å². The second-order valence-corrected chi connectivity index (χ2v) is 7.64. The van der Waals surface area contributed by atoms with Gasteiger partial charge >= 0.3 is 0 Å². The Morgan fingerprint density at radius 2 is 2.12 bits per heavy atom. The summed E-state index contributed by atoms with van der Waals surface area (Å²) >= 11 is 1.71. The number of rotatable bonds is 6. The van der Waals surface area contributed by atoms with Crippen LogP contribution in [0.25, 0.3) is 0 Å². The average Bonchev–Trinajstić information content (AvgIpc) is 3.17. The Balaban J connectivity index is 1.82. The van der Waals surface area contributed by atoms with E-state index in [1.807, 2.05) is 18.5 Å². The van der Waals surface area contributed by atoms with Crippen molar-refractivity contribution in [2.24, 2.45) is 17.4 Å². The van der Waals surface area contributed by atoms with E-state index in [0.717, 1.165) is 44.5 Å². The molecule has 0 spiro atoms. The summed E-state index contributed by atoms with van der Waals surface area (Å²) in [6.07, 6.45) is 7.02. The van der Waals surface area contributed by atoms with Crippen LogP contribution in [0, 0.1) is 5.92 Å². The first kappa shape index (κ1) is 17.5. The Morgan fingerprint density at radius 3 is 2.71 bits per heavy atom. The van der Waals surface area contributed by atoms with E-state index in [2.05, 4.69) is 39.7 Å². The van der Waals surface area contributed by atoms with Crippen LogP contribution in [0.4, 0.5) is 0 Å². The number of likely N-dealkylation sites (tertiary alicyclic amines) is 1. The minimum absolute atomic E-state index is 0.428. The molecule has 1 aliphatic heterocycles. The molecule has 0 aliphatic carbocycles. The van der Waals surface area contributed by atoms with E-state index >= 15 is 0 Å². The number of aromatic nitrogens is 1. The third-order valence-electron chi connectivity index (χ3n) is 5.52. The Hall–Kier alpha value is -1.27. The summed E-state index contributed by atoms with van der Waals surface area (Å²) in [5.74, 6) is 0.428. The minimum atomic E-state index is -0.447. The lowest BCUT2D eigenvalue weighted by Gasteiger charge is -2.44. The molecular weight excluding hydrogens is 316 g/mol. The summed E-state index contributed by atoms with van der Waals surface area (Å²) in [6, 6.07) is 6.83. The van der Waals surface area contributed by atoms with E-state index in [1.54, 1.807) is 11.3 Å². The highest BCUT2D eigenvalue weighted by atomic mass is 32.1. The van der Waals surface area contributed by atoms with Crippen LogP contribution in [0.15, 0.2) is 41.4 Å². The summed E-state index contributed by atoms with van der Waals surface area (Å²) in [6.45, 7) is 5.22. The summed E-state index contributed by atoms with van der Waals surface area (Å²) in [4.78, 5) is 6.88. The van der Waals surface area contributed by atoms with Gasteiger partial charge in [-0.3, -0.25) is 4.98 Å². The molecule has 3 rings (SSSR count). The fraction of sp³-hybridized carbons (Fsp3) is 0.526. The number of nitrogens with two attached hydrogens (primary N) is 2. The quantitative estimate of drug-likeness (QED) is 0.845. The molecule has 2 atom stereocenters. The molecule has 1 aliphatic rings. The highest BCUT2D eigenvalue weighted by Gasteiger charge is 2.40. The van der Waals surface area contributed by atoms with Gasteiger partial charge in [-0.15, -0.1) is 0 Å². The first-order valence-electron chi connectivity index (χ1n) is 8.82. The normalized spacial score (nSPS) is 20.6. The fourth-order valence-corrected chi connectivity index (χ4v) is 4.69. The van der Waals surface area contributed by atoms with Crippen molar-refractivity contribution in [1.29, 1.82) is 0 Å². The first-order chi connectivity index (χ1) is 11.7. The zero-order chi connectivity index (χ0) is 17.0. The van der Waals surface area contributed by atoms with Crippen LogP contribution in [-0.2, 0) is 5.54 Å². The van der Waals surface area contributed by atoms with Gasteiger partial charge < -0.3 is 16.4 Å². The van der Waals surface area contributed by atoms with Gasteiger partial charge in [0.2, 0.25) is 0 Å². The molecule has 1 saturated heterocycles. The number of hydrogen-bond acceptors (Lipinski definition) is 5. The van der Waals surface area contributed by atoms with Crippen molar-refractivity contribution >= 4 is 11.3 Å². The molecule has 0 radical (unpaired) electrons. The SMILES string of the molecule is CC(CCN)N1CCC(C(N)(c2cccnc2)c2ccsc2)CC1. The number of nitrogens with zero attached hydrogens (tertiary/aromatic N) is 2. The van der Waals surface area contributed by atoms with Crippen LogP contribution < -0.4 is 11.5 Å². The van der Waals surface area contributed by atoms with Gasteiger partial charge in [0.25, 0.3) is 0 Å². The van der Waals surface area contributed by atoms with E-state index in [0.29, 0.717) is 12.0 Å². The number of pyridine rings is 1. The second kappa shape index (κ2) is 7.74. The Bertz CT molecular complexity index is 608. The lowest BCUT2D eigenvalue weighted by atomic mass is 9.71. The molecule has 4 nitrogen and oxygen atoms in total. The van der Waals surface area contributed by atoms with Gasteiger partial charge in [-0.2, -0.15) is 11.3 Å². The highest BCUT2D eigenvalue weighted by molar-refractivity contribution is 7.08. The predicted octanol–water partition coefficient (Wildman–Crippen LogP) is 2.79. The van der Waals surface area contributed by atoms with Gasteiger partial charge in [0.15, 0.2) is 0 Å². The molecule has 1 fully saturated rings. The van der Waals surface area contributed by atoms with Crippen LogP contribution in [0.1, 0.15) is 37.3 Å². The van der Waals surface area contributed by atoms with Crippen molar-refractivity contribution in [1.82, 2.24) is 9.88 Å². The third kappa shape index (κ3) is 3.40. The maximum absolute atomic E-state index is 7.07. The largest absolute Gasteiger partial charge is 0.330 e. The summed E-state index contributed by atoms with van der Waals surface area (Å²) < 4.78 is 0. The summed E-state index contributed by atoms with van der Waals surface area (Å²) in [5, 5.41) is 4.31. The van der Waals surface area contributed by atoms with Gasteiger partial charge in [-0.25, -0.2) is 0 Å². The molecule has 0 amide bonds. The monoisotopic (exact) mass is 344 g/mol. The predicted molar refractivity (Wildman–Crippen MR) is 101 cm³/mol. The molecule has 5 heteroatoms. The van der Waals surface area contributed by atoms with E-state index in [9.17, 15) is 0 Å². The van der Waals surface area contributed by atoms with Crippen LogP contribution >= 0.6 is 11.3 Å². The van der Waals surface area contributed by atoms with Crippen LogP contribution in [0.5, 0.6) is 0 Å².